The van der Waals surface area contributed by atoms with E-state index < -0.39 is 6.89 Å². The second-order valence-electron chi connectivity index (χ2n) is 10.0. The van der Waals surface area contributed by atoms with Crippen LogP contribution in [0, 0.1) is 0 Å². The van der Waals surface area contributed by atoms with Gasteiger partial charge in [0.2, 0.25) is 0 Å². The van der Waals surface area contributed by atoms with Crippen LogP contribution in [0.5, 0.6) is 17.2 Å². The minimum Gasteiger partial charge on any atom is -0.497 e. The zero-order valence-electron chi connectivity index (χ0n) is 24.0. The highest BCUT2D eigenvalue weighted by molar-refractivity contribution is 7.98. The van der Waals surface area contributed by atoms with Crippen LogP contribution in [0.2, 0.25) is 0 Å². The van der Waals surface area contributed by atoms with Gasteiger partial charge < -0.3 is 14.2 Å². The molecule has 5 aromatic carbocycles. The van der Waals surface area contributed by atoms with Gasteiger partial charge in [-0.3, -0.25) is 0 Å². The topological polar surface area (TPSA) is 27.7 Å². The lowest BCUT2D eigenvalue weighted by Gasteiger charge is -2.37. The maximum Gasteiger partial charge on any atom is 0.118 e. The second-order valence-corrected chi connectivity index (χ2v) is 13.4. The predicted octanol–water partition coefficient (Wildman–Crippen LogP) is 8.04. The van der Waals surface area contributed by atoms with Crippen LogP contribution in [0.25, 0.3) is 10.9 Å². The molecule has 6 rings (SSSR count). The molecule has 0 unspecified atom stereocenters. The average Bonchev–Trinajstić information content (AvgIpc) is 3.08. The van der Waals surface area contributed by atoms with Crippen LogP contribution < -0.4 is 24.8 Å². The number of methoxy groups -OCH3 is 3. The number of allylic oxidation sites excluding steroid dienone is 3. The van der Waals surface area contributed by atoms with Crippen molar-refractivity contribution < 1.29 is 14.2 Å². The predicted molar refractivity (Wildman–Crippen MR) is 178 cm³/mol. The molecule has 0 saturated carbocycles. The highest BCUT2D eigenvalue weighted by Gasteiger charge is 2.35. The molecule has 0 N–H and O–H groups in total. The minimum absolute atomic E-state index is 0.837. The van der Waals surface area contributed by atoms with E-state index in [2.05, 4.69) is 133 Å². The zero-order chi connectivity index (χ0) is 28.9. The maximum absolute atomic E-state index is 5.55. The molecule has 0 aliphatic carbocycles. The number of hydrogen-bond donors (Lipinski definition) is 0. The summed E-state index contributed by atoms with van der Waals surface area (Å²) in [6.07, 6.45) is 4.79. The number of benzene rings is 5. The van der Waals surface area contributed by atoms with Crippen molar-refractivity contribution >= 4 is 33.7 Å². The Hall–Kier alpha value is -4.72. The lowest BCUT2D eigenvalue weighted by molar-refractivity contribution is 0.414. The fourth-order valence-electron chi connectivity index (χ4n) is 5.70. The summed E-state index contributed by atoms with van der Waals surface area (Å²) >= 11 is 0. The average molecular weight is 569 g/mol. The van der Waals surface area contributed by atoms with Gasteiger partial charge in [-0.2, -0.15) is 0 Å². The van der Waals surface area contributed by atoms with Crippen LogP contribution >= 0.6 is 6.89 Å². The van der Waals surface area contributed by atoms with E-state index >= 15 is 0 Å². The van der Waals surface area contributed by atoms with E-state index in [1.54, 1.807) is 21.3 Å². The van der Waals surface area contributed by atoms with Gasteiger partial charge in [-0.05, 0) is 98.9 Å². The number of rotatable bonds is 8. The molecule has 0 amide bonds. The van der Waals surface area contributed by atoms with Gasteiger partial charge in [0, 0.05) is 0 Å². The smallest absolute Gasteiger partial charge is 0.118 e. The van der Waals surface area contributed by atoms with Crippen LogP contribution in [0.4, 0.5) is 0 Å². The maximum atomic E-state index is 5.55. The Balaban J connectivity index is 1.78. The molecule has 1 aliphatic heterocycles. The SMILES string of the molecule is COc1ccc(C2=CC(c3ccc(OC)cc3)=P(c3ccccc3)(c3ccccc3)C(c3ccc(OC)cc3)=C2)cc1. The van der Waals surface area contributed by atoms with Crippen molar-refractivity contribution in [3.8, 4) is 17.2 Å². The Bertz CT molecular complexity index is 1740. The molecular weight excluding hydrogens is 535 g/mol. The van der Waals surface area contributed by atoms with Crippen molar-refractivity contribution in [1.29, 1.82) is 0 Å². The first-order valence-corrected chi connectivity index (χ1v) is 15.7. The molecular formula is C38H33O3P. The molecule has 0 fully saturated rings. The zero-order valence-corrected chi connectivity index (χ0v) is 24.9. The van der Waals surface area contributed by atoms with Crippen molar-refractivity contribution in [1.82, 2.24) is 0 Å². The molecule has 0 saturated heterocycles. The first kappa shape index (κ1) is 27.4. The molecule has 4 heteroatoms. The van der Waals surface area contributed by atoms with E-state index in [4.69, 9.17) is 14.2 Å². The second kappa shape index (κ2) is 12.0. The molecule has 0 spiro atoms. The third-order valence-corrected chi connectivity index (χ3v) is 12.2. The summed E-state index contributed by atoms with van der Waals surface area (Å²) < 4.78 is 16.6. The van der Waals surface area contributed by atoms with Crippen molar-refractivity contribution in [3.05, 3.63) is 162 Å². The summed E-state index contributed by atoms with van der Waals surface area (Å²) in [6, 6.07) is 47.2. The molecule has 1 aliphatic rings. The van der Waals surface area contributed by atoms with Crippen molar-refractivity contribution in [2.24, 2.45) is 0 Å². The quantitative estimate of drug-likeness (QED) is 0.177. The van der Waals surface area contributed by atoms with Crippen LogP contribution in [-0.2, 0) is 0 Å². The van der Waals surface area contributed by atoms with Crippen LogP contribution in [0.3, 0.4) is 0 Å². The lowest BCUT2D eigenvalue weighted by Crippen LogP contribution is -2.25. The Labute approximate surface area is 248 Å². The fourth-order valence-corrected chi connectivity index (χ4v) is 10.3. The van der Waals surface area contributed by atoms with Gasteiger partial charge in [-0.25, -0.2) is 0 Å². The van der Waals surface area contributed by atoms with Crippen molar-refractivity contribution in [2.75, 3.05) is 21.3 Å². The van der Waals surface area contributed by atoms with Gasteiger partial charge >= 0.3 is 0 Å². The third-order valence-electron chi connectivity index (χ3n) is 7.79. The largest absolute Gasteiger partial charge is 0.497 e. The molecule has 5 aromatic rings. The van der Waals surface area contributed by atoms with Gasteiger partial charge in [-0.15, -0.1) is 0 Å². The standard InChI is InChI=1S/C38H33O3P/c1-39-32-20-14-28(15-21-32)31-26-37(29-16-22-33(40-2)23-17-29)42(35-10-6-4-7-11-35,36-12-8-5-9-13-36)38(27-31)30-18-24-34(41-3)25-19-30/h4-27H,1-3H3. The normalized spacial score (nSPS) is 14.0. The lowest BCUT2D eigenvalue weighted by atomic mass is 10.00. The van der Waals surface area contributed by atoms with E-state index in [1.807, 2.05) is 12.1 Å². The monoisotopic (exact) mass is 568 g/mol. The molecule has 1 heterocycles. The Morgan fingerprint density at radius 3 is 1.24 bits per heavy atom. The number of ether oxygens (including phenoxy) is 3. The fraction of sp³-hybridized carbons (Fsp3) is 0.0789. The Kier molecular flexibility index (Phi) is 7.86. The first-order valence-electron chi connectivity index (χ1n) is 13.9. The summed E-state index contributed by atoms with van der Waals surface area (Å²) in [7, 11) is 5.12. The van der Waals surface area contributed by atoms with Gasteiger partial charge in [0.15, 0.2) is 0 Å². The Morgan fingerprint density at radius 1 is 0.405 bits per heavy atom. The van der Waals surface area contributed by atoms with Crippen LogP contribution in [0.15, 0.2) is 146 Å². The summed E-state index contributed by atoms with van der Waals surface area (Å²) in [5.41, 5.74) is 4.62. The summed E-state index contributed by atoms with van der Waals surface area (Å²) in [5, 5.41) is 5.19. The van der Waals surface area contributed by atoms with E-state index in [1.165, 1.54) is 32.3 Å². The molecule has 208 valence electrons. The molecule has 0 aromatic heterocycles. The van der Waals surface area contributed by atoms with Crippen molar-refractivity contribution in [2.45, 2.75) is 0 Å². The van der Waals surface area contributed by atoms with Crippen LogP contribution in [0.1, 0.15) is 16.7 Å². The number of hydrogen-bond acceptors (Lipinski definition) is 3. The highest BCUT2D eigenvalue weighted by atomic mass is 31.2. The summed E-state index contributed by atoms with van der Waals surface area (Å²) in [6.45, 7) is -2.38. The first-order chi connectivity index (χ1) is 20.7. The summed E-state index contributed by atoms with van der Waals surface area (Å²) in [4.78, 5) is 0. The van der Waals surface area contributed by atoms with Gasteiger partial charge in [-0.1, -0.05) is 97.1 Å². The van der Waals surface area contributed by atoms with Gasteiger partial charge in [0.05, 0.1) is 21.3 Å². The molecule has 3 nitrogen and oxygen atoms in total. The Morgan fingerprint density at radius 2 is 0.810 bits per heavy atom. The molecule has 0 radical (unpaired) electrons. The third kappa shape index (κ3) is 4.98. The highest BCUT2D eigenvalue weighted by Crippen LogP contribution is 2.63. The van der Waals surface area contributed by atoms with E-state index in [-0.39, 0.29) is 0 Å². The van der Waals surface area contributed by atoms with E-state index in [0.717, 1.165) is 28.4 Å². The molecule has 0 bridgehead atoms. The molecule has 42 heavy (non-hydrogen) atoms. The molecule has 0 atom stereocenters. The van der Waals surface area contributed by atoms with Crippen molar-refractivity contribution in [3.63, 3.8) is 0 Å². The van der Waals surface area contributed by atoms with E-state index in [9.17, 15) is 0 Å². The van der Waals surface area contributed by atoms with Gasteiger partial charge in [0.25, 0.3) is 0 Å². The minimum atomic E-state index is -2.38. The van der Waals surface area contributed by atoms with Gasteiger partial charge in [0.1, 0.15) is 17.2 Å². The van der Waals surface area contributed by atoms with E-state index in [0.29, 0.717) is 0 Å². The summed E-state index contributed by atoms with van der Waals surface area (Å²) in [5.74, 6) is 2.51. The van der Waals surface area contributed by atoms with Crippen LogP contribution in [-0.4, -0.2) is 26.6 Å².